The van der Waals surface area contributed by atoms with Gasteiger partial charge in [0.25, 0.3) is 11.6 Å². The molecule has 2 N–H and O–H groups in total. The quantitative estimate of drug-likeness (QED) is 0.654. The van der Waals surface area contributed by atoms with Crippen molar-refractivity contribution in [2.24, 2.45) is 0 Å². The van der Waals surface area contributed by atoms with Gasteiger partial charge in [-0.1, -0.05) is 28.1 Å². The number of aromatic hydroxyl groups is 1. The molecule has 0 saturated heterocycles. The van der Waals surface area contributed by atoms with Crippen LogP contribution in [0.25, 0.3) is 0 Å². The molecule has 108 valence electrons. The Hall–Kier alpha value is -2.41. The van der Waals surface area contributed by atoms with Gasteiger partial charge in [0.15, 0.2) is 0 Å². The van der Waals surface area contributed by atoms with Crippen LogP contribution in [0, 0.1) is 10.1 Å². The van der Waals surface area contributed by atoms with Crippen molar-refractivity contribution in [3.05, 3.63) is 68.2 Å². The van der Waals surface area contributed by atoms with Crippen LogP contribution in [0.3, 0.4) is 0 Å². The third-order valence-corrected chi connectivity index (χ3v) is 3.33. The van der Waals surface area contributed by atoms with Crippen LogP contribution in [0.1, 0.15) is 15.9 Å². The average molecular weight is 351 g/mol. The largest absolute Gasteiger partial charge is 0.507 e. The number of halogens is 1. The molecule has 0 atom stereocenters. The summed E-state index contributed by atoms with van der Waals surface area (Å²) in [6, 6.07) is 10.7. The monoisotopic (exact) mass is 350 g/mol. The predicted octanol–water partition coefficient (Wildman–Crippen LogP) is 2.99. The lowest BCUT2D eigenvalue weighted by molar-refractivity contribution is -0.384. The second-order valence-corrected chi connectivity index (χ2v) is 5.18. The molecule has 0 aliphatic carbocycles. The summed E-state index contributed by atoms with van der Waals surface area (Å²) in [5.41, 5.74) is 0.499. The molecule has 0 radical (unpaired) electrons. The van der Waals surface area contributed by atoms with E-state index in [2.05, 4.69) is 21.2 Å². The highest BCUT2D eigenvalue weighted by Crippen LogP contribution is 2.22. The summed E-state index contributed by atoms with van der Waals surface area (Å²) >= 11 is 3.31. The lowest BCUT2D eigenvalue weighted by atomic mass is 10.1. The Kier molecular flexibility index (Phi) is 4.54. The van der Waals surface area contributed by atoms with Gasteiger partial charge in [-0.25, -0.2) is 0 Å². The van der Waals surface area contributed by atoms with Gasteiger partial charge >= 0.3 is 0 Å². The Morgan fingerprint density at radius 1 is 1.24 bits per heavy atom. The summed E-state index contributed by atoms with van der Waals surface area (Å²) in [6.07, 6.45) is 0. The lowest BCUT2D eigenvalue weighted by Crippen LogP contribution is -2.22. The number of nitrogens with zero attached hydrogens (tertiary/aromatic N) is 1. The number of hydrogen-bond donors (Lipinski definition) is 2. The van der Waals surface area contributed by atoms with Crippen molar-refractivity contribution >= 4 is 27.5 Å². The van der Waals surface area contributed by atoms with E-state index in [-0.39, 0.29) is 23.5 Å². The number of nitrogens with one attached hydrogen (secondary N) is 1. The first kappa shape index (κ1) is 15.0. The van der Waals surface area contributed by atoms with Crippen LogP contribution < -0.4 is 5.32 Å². The Morgan fingerprint density at radius 3 is 2.52 bits per heavy atom. The standard InChI is InChI=1S/C14H11BrN2O4/c15-10-3-1-9(2-4-10)8-16-14(19)12-7-11(17(20)21)5-6-13(12)18/h1-7,18H,8H2,(H,16,19). The van der Waals surface area contributed by atoms with Crippen molar-refractivity contribution in [2.75, 3.05) is 0 Å². The molecule has 6 nitrogen and oxygen atoms in total. The SMILES string of the molecule is O=C(NCc1ccc(Br)cc1)c1cc([N+](=O)[O-])ccc1O. The molecule has 0 bridgehead atoms. The number of hydrogen-bond acceptors (Lipinski definition) is 4. The smallest absolute Gasteiger partial charge is 0.270 e. The van der Waals surface area contributed by atoms with Crippen LogP contribution in [0.2, 0.25) is 0 Å². The molecular weight excluding hydrogens is 340 g/mol. The number of carbonyl (C=O) groups is 1. The fourth-order valence-electron chi connectivity index (χ4n) is 1.70. The van der Waals surface area contributed by atoms with E-state index < -0.39 is 10.8 Å². The molecule has 0 aliphatic heterocycles. The second kappa shape index (κ2) is 6.36. The zero-order chi connectivity index (χ0) is 15.4. The van der Waals surface area contributed by atoms with Crippen LogP contribution in [0.15, 0.2) is 46.9 Å². The first-order valence-electron chi connectivity index (χ1n) is 5.97. The molecule has 2 rings (SSSR count). The van der Waals surface area contributed by atoms with Crippen molar-refractivity contribution in [3.8, 4) is 5.75 Å². The molecule has 0 heterocycles. The molecule has 0 aliphatic rings. The fraction of sp³-hybridized carbons (Fsp3) is 0.0714. The topological polar surface area (TPSA) is 92.5 Å². The number of nitro groups is 1. The third kappa shape index (κ3) is 3.79. The minimum atomic E-state index is -0.620. The number of non-ortho nitro benzene ring substituents is 1. The highest BCUT2D eigenvalue weighted by molar-refractivity contribution is 9.10. The minimum Gasteiger partial charge on any atom is -0.507 e. The molecular formula is C14H11BrN2O4. The molecule has 0 unspecified atom stereocenters. The van der Waals surface area contributed by atoms with E-state index in [0.29, 0.717) is 0 Å². The summed E-state index contributed by atoms with van der Waals surface area (Å²) in [5.74, 6) is -0.868. The van der Waals surface area contributed by atoms with Gasteiger partial charge in [0, 0.05) is 23.2 Å². The van der Waals surface area contributed by atoms with Crippen LogP contribution in [-0.4, -0.2) is 15.9 Å². The molecule has 21 heavy (non-hydrogen) atoms. The van der Waals surface area contributed by atoms with Crippen molar-refractivity contribution in [1.29, 1.82) is 0 Å². The van der Waals surface area contributed by atoms with E-state index in [1.54, 1.807) is 0 Å². The zero-order valence-electron chi connectivity index (χ0n) is 10.7. The number of benzene rings is 2. The number of amides is 1. The van der Waals surface area contributed by atoms with Crippen molar-refractivity contribution in [1.82, 2.24) is 5.32 Å². The number of nitro benzene ring substituents is 1. The summed E-state index contributed by atoms with van der Waals surface area (Å²) in [6.45, 7) is 0.258. The van der Waals surface area contributed by atoms with Gasteiger partial charge in [-0.2, -0.15) is 0 Å². The fourth-order valence-corrected chi connectivity index (χ4v) is 1.96. The Morgan fingerprint density at radius 2 is 1.90 bits per heavy atom. The molecule has 0 saturated carbocycles. The molecule has 0 aromatic heterocycles. The van der Waals surface area contributed by atoms with E-state index in [0.717, 1.165) is 28.2 Å². The number of phenols is 1. The summed E-state index contributed by atoms with van der Waals surface area (Å²) in [7, 11) is 0. The highest BCUT2D eigenvalue weighted by atomic mass is 79.9. The van der Waals surface area contributed by atoms with Gasteiger partial charge in [-0.05, 0) is 23.8 Å². The van der Waals surface area contributed by atoms with Crippen LogP contribution in [0.5, 0.6) is 5.75 Å². The van der Waals surface area contributed by atoms with Gasteiger partial charge in [0.1, 0.15) is 5.75 Å². The van der Waals surface area contributed by atoms with Crippen LogP contribution in [-0.2, 0) is 6.54 Å². The van der Waals surface area contributed by atoms with E-state index in [9.17, 15) is 20.0 Å². The average Bonchev–Trinajstić information content (AvgIpc) is 2.46. The lowest BCUT2D eigenvalue weighted by Gasteiger charge is -2.07. The Labute approximate surface area is 128 Å². The summed E-state index contributed by atoms with van der Waals surface area (Å²) in [4.78, 5) is 22.0. The van der Waals surface area contributed by atoms with Gasteiger partial charge in [0.2, 0.25) is 0 Å². The molecule has 0 spiro atoms. The van der Waals surface area contributed by atoms with Gasteiger partial charge < -0.3 is 10.4 Å². The van der Waals surface area contributed by atoms with E-state index >= 15 is 0 Å². The second-order valence-electron chi connectivity index (χ2n) is 4.27. The van der Waals surface area contributed by atoms with Crippen molar-refractivity contribution in [3.63, 3.8) is 0 Å². The van der Waals surface area contributed by atoms with Gasteiger partial charge in [-0.3, -0.25) is 14.9 Å². The minimum absolute atomic E-state index is 0.124. The first-order chi connectivity index (χ1) is 9.97. The molecule has 0 fully saturated rings. The zero-order valence-corrected chi connectivity index (χ0v) is 12.3. The predicted molar refractivity (Wildman–Crippen MR) is 80.1 cm³/mol. The Bertz CT molecular complexity index is 686. The summed E-state index contributed by atoms with van der Waals surface area (Å²) in [5, 5.41) is 22.9. The van der Waals surface area contributed by atoms with E-state index in [1.807, 2.05) is 24.3 Å². The van der Waals surface area contributed by atoms with Crippen LogP contribution in [0.4, 0.5) is 5.69 Å². The molecule has 2 aromatic carbocycles. The summed E-state index contributed by atoms with van der Waals surface area (Å²) < 4.78 is 0.925. The van der Waals surface area contributed by atoms with Crippen molar-refractivity contribution in [2.45, 2.75) is 6.54 Å². The normalized spacial score (nSPS) is 10.1. The van der Waals surface area contributed by atoms with E-state index in [1.165, 1.54) is 0 Å². The maximum Gasteiger partial charge on any atom is 0.270 e. The van der Waals surface area contributed by atoms with Crippen molar-refractivity contribution < 1.29 is 14.8 Å². The van der Waals surface area contributed by atoms with Gasteiger partial charge in [0.05, 0.1) is 10.5 Å². The van der Waals surface area contributed by atoms with Gasteiger partial charge in [-0.15, -0.1) is 0 Å². The number of carbonyl (C=O) groups excluding carboxylic acids is 1. The van der Waals surface area contributed by atoms with Crippen LogP contribution >= 0.6 is 15.9 Å². The first-order valence-corrected chi connectivity index (χ1v) is 6.76. The number of phenolic OH excluding ortho intramolecular Hbond substituents is 1. The molecule has 7 heteroatoms. The third-order valence-electron chi connectivity index (χ3n) is 2.80. The van der Waals surface area contributed by atoms with E-state index in [4.69, 9.17) is 0 Å². The molecule has 2 aromatic rings. The maximum absolute atomic E-state index is 12.0. The number of rotatable bonds is 4. The molecule has 1 amide bonds. The Balaban J connectivity index is 2.11. The maximum atomic E-state index is 12.0. The highest BCUT2D eigenvalue weighted by Gasteiger charge is 2.16.